The summed E-state index contributed by atoms with van der Waals surface area (Å²) in [6, 6.07) is 12.4. The molecule has 0 radical (unpaired) electrons. The summed E-state index contributed by atoms with van der Waals surface area (Å²) in [4.78, 5) is 29.9. The number of carbonyl (C=O) groups excluding carboxylic acids is 1. The molecule has 34 heavy (non-hydrogen) atoms. The molecule has 1 fully saturated rings. The number of fused-ring (bicyclic) bond motifs is 1. The van der Waals surface area contributed by atoms with Crippen molar-refractivity contribution in [2.75, 3.05) is 43.6 Å². The molecule has 0 atom stereocenters. The average Bonchev–Trinajstić information content (AvgIpc) is 3.34. The molecule has 5 rings (SSSR count). The largest absolute Gasteiger partial charge is 0.494 e. The van der Waals surface area contributed by atoms with E-state index in [1.807, 2.05) is 12.1 Å². The van der Waals surface area contributed by atoms with Crippen LogP contribution in [0.5, 0.6) is 5.75 Å². The molecule has 10 nitrogen and oxygen atoms in total. The van der Waals surface area contributed by atoms with Crippen molar-refractivity contribution >= 4 is 28.3 Å². The van der Waals surface area contributed by atoms with Crippen LogP contribution in [0.3, 0.4) is 0 Å². The van der Waals surface area contributed by atoms with Gasteiger partial charge in [-0.15, -0.1) is 5.10 Å². The number of aromatic amines is 1. The number of amides is 1. The number of H-pyrrole nitrogens is 1. The Labute approximate surface area is 195 Å². The van der Waals surface area contributed by atoms with Crippen LogP contribution >= 0.6 is 0 Å². The zero-order valence-electron chi connectivity index (χ0n) is 18.9. The summed E-state index contributed by atoms with van der Waals surface area (Å²) < 4.78 is 12.5. The SMILES string of the molecule is COc1ccc(NC(C)=O)cc1-n1cc(-c2cccc3c(=O)cc(N4CCOCC4)[nH]c23)nn1. The van der Waals surface area contributed by atoms with Crippen molar-refractivity contribution in [1.82, 2.24) is 20.0 Å². The highest BCUT2D eigenvalue weighted by Crippen LogP contribution is 2.30. The number of nitrogens with one attached hydrogen (secondary N) is 2. The number of hydrogen-bond acceptors (Lipinski definition) is 7. The van der Waals surface area contributed by atoms with Crippen LogP contribution in [-0.2, 0) is 9.53 Å². The first-order valence-electron chi connectivity index (χ1n) is 10.9. The Morgan fingerprint density at radius 3 is 2.76 bits per heavy atom. The Hall–Kier alpha value is -4.18. The Kier molecular flexibility index (Phi) is 5.72. The van der Waals surface area contributed by atoms with Crippen LogP contribution < -0.4 is 20.4 Å². The Bertz CT molecular complexity index is 1420. The molecule has 4 aromatic rings. The van der Waals surface area contributed by atoms with Crippen molar-refractivity contribution in [3.63, 3.8) is 0 Å². The maximum Gasteiger partial charge on any atom is 0.221 e. The van der Waals surface area contributed by atoms with E-state index in [2.05, 4.69) is 25.5 Å². The maximum atomic E-state index is 12.9. The molecule has 2 N–H and O–H groups in total. The fourth-order valence-corrected chi connectivity index (χ4v) is 4.10. The number of rotatable bonds is 5. The van der Waals surface area contributed by atoms with Gasteiger partial charge in [-0.1, -0.05) is 17.3 Å². The van der Waals surface area contributed by atoms with E-state index >= 15 is 0 Å². The van der Waals surface area contributed by atoms with Gasteiger partial charge in [0.2, 0.25) is 5.91 Å². The van der Waals surface area contributed by atoms with E-state index in [9.17, 15) is 9.59 Å². The standard InChI is InChI=1S/C24H24N6O4/c1-15(31)25-16-6-7-22(33-2)20(12-16)30-14-19(27-28-30)17-4-3-5-18-21(32)13-23(26-24(17)18)29-8-10-34-11-9-29/h3-7,12-14H,8-11H2,1-2H3,(H,25,31)(H,26,32). The third kappa shape index (κ3) is 4.11. The first-order chi connectivity index (χ1) is 16.5. The summed E-state index contributed by atoms with van der Waals surface area (Å²) in [5, 5.41) is 12.0. The fourth-order valence-electron chi connectivity index (χ4n) is 4.10. The lowest BCUT2D eigenvalue weighted by Crippen LogP contribution is -2.37. The number of morpholine rings is 1. The predicted octanol–water partition coefficient (Wildman–Crippen LogP) is 2.58. The number of ether oxygens (including phenoxy) is 2. The van der Waals surface area contributed by atoms with Gasteiger partial charge in [0.25, 0.3) is 0 Å². The summed E-state index contributed by atoms with van der Waals surface area (Å²) >= 11 is 0. The highest BCUT2D eigenvalue weighted by atomic mass is 16.5. The summed E-state index contributed by atoms with van der Waals surface area (Å²) in [6.45, 7) is 4.11. The van der Waals surface area contributed by atoms with E-state index < -0.39 is 0 Å². The molecule has 1 saturated heterocycles. The number of pyridine rings is 1. The Morgan fingerprint density at radius 1 is 1.18 bits per heavy atom. The lowest BCUT2D eigenvalue weighted by Gasteiger charge is -2.28. The maximum absolute atomic E-state index is 12.9. The van der Waals surface area contributed by atoms with Crippen LogP contribution in [0.25, 0.3) is 27.8 Å². The van der Waals surface area contributed by atoms with E-state index in [-0.39, 0.29) is 11.3 Å². The van der Waals surface area contributed by atoms with Crippen molar-refractivity contribution in [2.45, 2.75) is 6.92 Å². The second-order valence-corrected chi connectivity index (χ2v) is 7.96. The zero-order chi connectivity index (χ0) is 23.7. The van der Waals surface area contributed by atoms with Gasteiger partial charge in [-0.3, -0.25) is 9.59 Å². The lowest BCUT2D eigenvalue weighted by atomic mass is 10.1. The van der Waals surface area contributed by atoms with Crippen LogP contribution in [0.4, 0.5) is 11.5 Å². The van der Waals surface area contributed by atoms with Crippen LogP contribution in [0, 0.1) is 0 Å². The number of aromatic nitrogens is 4. The third-order valence-electron chi connectivity index (χ3n) is 5.72. The monoisotopic (exact) mass is 460 g/mol. The summed E-state index contributed by atoms with van der Waals surface area (Å²) in [5.41, 5.74) is 3.22. The van der Waals surface area contributed by atoms with E-state index in [0.29, 0.717) is 60.0 Å². The van der Waals surface area contributed by atoms with Gasteiger partial charge >= 0.3 is 0 Å². The highest BCUT2D eigenvalue weighted by molar-refractivity contribution is 5.93. The van der Waals surface area contributed by atoms with Crippen LogP contribution in [0.1, 0.15) is 6.92 Å². The number of para-hydroxylation sites is 1. The van der Waals surface area contributed by atoms with Crippen LogP contribution in [-0.4, -0.2) is 59.3 Å². The van der Waals surface area contributed by atoms with E-state index in [1.165, 1.54) is 6.92 Å². The molecule has 0 unspecified atom stereocenters. The smallest absolute Gasteiger partial charge is 0.221 e. The topological polar surface area (TPSA) is 114 Å². The second kappa shape index (κ2) is 8.99. The quantitative estimate of drug-likeness (QED) is 0.470. The highest BCUT2D eigenvalue weighted by Gasteiger charge is 2.17. The van der Waals surface area contributed by atoms with Gasteiger partial charge in [0.05, 0.1) is 32.0 Å². The van der Waals surface area contributed by atoms with Gasteiger partial charge < -0.3 is 24.7 Å². The van der Waals surface area contributed by atoms with Gasteiger partial charge in [-0.25, -0.2) is 4.68 Å². The molecule has 1 aliphatic heterocycles. The number of nitrogens with zero attached hydrogens (tertiary/aromatic N) is 4. The van der Waals surface area contributed by atoms with E-state index in [0.717, 1.165) is 11.4 Å². The average molecular weight is 460 g/mol. The Morgan fingerprint density at radius 2 is 2.00 bits per heavy atom. The molecule has 10 heteroatoms. The van der Waals surface area contributed by atoms with Gasteiger partial charge in [0, 0.05) is 42.7 Å². The lowest BCUT2D eigenvalue weighted by molar-refractivity contribution is -0.114. The molecular weight excluding hydrogens is 436 g/mol. The van der Waals surface area contributed by atoms with Crippen LogP contribution in [0.15, 0.2) is 53.5 Å². The minimum atomic E-state index is -0.175. The molecule has 3 heterocycles. The molecular formula is C24H24N6O4. The third-order valence-corrected chi connectivity index (χ3v) is 5.72. The van der Waals surface area contributed by atoms with Gasteiger partial charge in [-0.2, -0.15) is 0 Å². The minimum Gasteiger partial charge on any atom is -0.494 e. The van der Waals surface area contributed by atoms with E-state index in [4.69, 9.17) is 9.47 Å². The molecule has 2 aromatic heterocycles. The minimum absolute atomic E-state index is 0.0610. The van der Waals surface area contributed by atoms with Crippen molar-refractivity contribution < 1.29 is 14.3 Å². The molecule has 0 spiro atoms. The molecule has 1 amide bonds. The summed E-state index contributed by atoms with van der Waals surface area (Å²) in [7, 11) is 1.57. The predicted molar refractivity (Wildman–Crippen MR) is 129 cm³/mol. The molecule has 174 valence electrons. The van der Waals surface area contributed by atoms with Gasteiger partial charge in [-0.05, 0) is 24.3 Å². The molecule has 0 aliphatic carbocycles. The summed E-state index contributed by atoms with van der Waals surface area (Å²) in [6.07, 6.45) is 1.77. The fraction of sp³-hybridized carbons (Fsp3) is 0.250. The molecule has 1 aliphatic rings. The van der Waals surface area contributed by atoms with Crippen molar-refractivity contribution in [1.29, 1.82) is 0 Å². The Balaban J connectivity index is 1.59. The van der Waals surface area contributed by atoms with Crippen molar-refractivity contribution in [3.05, 3.63) is 58.9 Å². The zero-order valence-corrected chi connectivity index (χ0v) is 18.9. The number of anilines is 2. The van der Waals surface area contributed by atoms with Crippen molar-refractivity contribution in [2.24, 2.45) is 0 Å². The van der Waals surface area contributed by atoms with Gasteiger partial charge in [0.1, 0.15) is 22.9 Å². The molecule has 0 bridgehead atoms. The summed E-state index contributed by atoms with van der Waals surface area (Å²) in [5.74, 6) is 1.16. The molecule has 0 saturated carbocycles. The van der Waals surface area contributed by atoms with Gasteiger partial charge in [0.15, 0.2) is 5.43 Å². The number of benzene rings is 2. The molecule has 2 aromatic carbocycles. The normalized spacial score (nSPS) is 13.8. The first kappa shape index (κ1) is 21.7. The number of methoxy groups -OCH3 is 1. The van der Waals surface area contributed by atoms with Crippen LogP contribution in [0.2, 0.25) is 0 Å². The van der Waals surface area contributed by atoms with Crippen molar-refractivity contribution in [3.8, 4) is 22.7 Å². The second-order valence-electron chi connectivity index (χ2n) is 7.96. The number of carbonyl (C=O) groups is 1. The van der Waals surface area contributed by atoms with E-state index in [1.54, 1.807) is 48.3 Å². The first-order valence-corrected chi connectivity index (χ1v) is 10.9. The number of hydrogen-bond donors (Lipinski definition) is 2.